The molecule has 0 spiro atoms. The highest BCUT2D eigenvalue weighted by molar-refractivity contribution is 7.90. The summed E-state index contributed by atoms with van der Waals surface area (Å²) in [4.78, 5) is 11.6. The molecule has 0 saturated heterocycles. The summed E-state index contributed by atoms with van der Waals surface area (Å²) in [6.07, 6.45) is -1.34. The highest BCUT2D eigenvalue weighted by atomic mass is 35.5. The number of H-pyrrole nitrogens is 1. The van der Waals surface area contributed by atoms with Crippen LogP contribution in [0.1, 0.15) is 59.6 Å². The Balaban J connectivity index is 1.69. The molecule has 3 N–H and O–H groups in total. The molecule has 9 nitrogen and oxygen atoms in total. The Morgan fingerprint density at radius 1 is 1.24 bits per heavy atom. The lowest BCUT2D eigenvalue weighted by atomic mass is 9.88. The monoisotopic (exact) mass is 493 g/mol. The summed E-state index contributed by atoms with van der Waals surface area (Å²) in [6, 6.07) is 9.48. The summed E-state index contributed by atoms with van der Waals surface area (Å²) in [5.74, 6) is -1.14. The first-order chi connectivity index (χ1) is 15.6. The molecule has 2 unspecified atom stereocenters. The lowest BCUT2D eigenvalue weighted by molar-refractivity contribution is 0.0978. The van der Waals surface area contributed by atoms with Gasteiger partial charge in [0.25, 0.3) is 10.0 Å². The molecule has 0 radical (unpaired) electrons. The quantitative estimate of drug-likeness (QED) is 0.479. The largest absolute Gasteiger partial charge is 0.473 e. The van der Waals surface area contributed by atoms with Gasteiger partial charge in [-0.05, 0) is 42.7 Å². The van der Waals surface area contributed by atoms with Crippen molar-refractivity contribution in [2.45, 2.75) is 50.7 Å². The van der Waals surface area contributed by atoms with Crippen molar-refractivity contribution >= 4 is 21.6 Å². The fourth-order valence-electron chi connectivity index (χ4n) is 4.06. The van der Waals surface area contributed by atoms with E-state index in [-0.39, 0.29) is 18.1 Å². The molecule has 4 rings (SSSR count). The van der Waals surface area contributed by atoms with E-state index in [4.69, 9.17) is 20.8 Å². The minimum atomic E-state index is -4.18. The Labute approximate surface area is 195 Å². The van der Waals surface area contributed by atoms with Crippen LogP contribution in [0, 0.1) is 13.8 Å². The molecule has 0 bridgehead atoms. The van der Waals surface area contributed by atoms with Crippen LogP contribution in [-0.2, 0) is 10.0 Å². The van der Waals surface area contributed by atoms with Crippen LogP contribution >= 0.6 is 11.6 Å². The van der Waals surface area contributed by atoms with E-state index in [1.807, 2.05) is 39.0 Å². The predicted octanol–water partition coefficient (Wildman–Crippen LogP) is 3.24. The molecule has 176 valence electrons. The van der Waals surface area contributed by atoms with Crippen LogP contribution in [0.5, 0.6) is 5.75 Å². The van der Waals surface area contributed by atoms with Crippen LogP contribution in [0.4, 0.5) is 0 Å². The molecular weight excluding hydrogens is 470 g/mol. The summed E-state index contributed by atoms with van der Waals surface area (Å²) in [5, 5.41) is 16.9. The normalized spacial score (nSPS) is 20.0. The van der Waals surface area contributed by atoms with Gasteiger partial charge in [0.1, 0.15) is 11.8 Å². The van der Waals surface area contributed by atoms with E-state index in [1.54, 1.807) is 18.2 Å². The van der Waals surface area contributed by atoms with Crippen molar-refractivity contribution in [1.82, 2.24) is 14.9 Å². The number of ether oxygens (including phenoxy) is 1. The van der Waals surface area contributed by atoms with Gasteiger partial charge in [0.15, 0.2) is 0 Å². The van der Waals surface area contributed by atoms with Crippen LogP contribution < -0.4 is 15.2 Å². The number of aryl methyl sites for hydroxylation is 1. The van der Waals surface area contributed by atoms with E-state index in [2.05, 4.69) is 14.9 Å². The van der Waals surface area contributed by atoms with E-state index < -0.39 is 39.3 Å². The molecule has 2 aromatic carbocycles. The Kier molecular flexibility index (Phi) is 6.37. The molecule has 0 amide bonds. The molecule has 1 aromatic heterocycles. The van der Waals surface area contributed by atoms with E-state index in [0.29, 0.717) is 10.6 Å². The summed E-state index contributed by atoms with van der Waals surface area (Å²) in [7, 11) is -4.18. The van der Waals surface area contributed by atoms with Crippen molar-refractivity contribution in [2.75, 3.05) is 0 Å². The Bertz CT molecular complexity index is 1340. The zero-order valence-electron chi connectivity index (χ0n) is 18.2. The van der Waals surface area contributed by atoms with Crippen molar-refractivity contribution in [3.8, 4) is 5.75 Å². The number of aliphatic hydroxyl groups excluding tert-OH is 1. The van der Waals surface area contributed by atoms with Crippen LogP contribution in [0.2, 0.25) is 5.02 Å². The molecule has 0 aliphatic carbocycles. The predicted molar refractivity (Wildman–Crippen MR) is 122 cm³/mol. The average Bonchev–Trinajstić information content (AvgIpc) is 3.19. The number of nitrogens with one attached hydrogen (secondary N) is 2. The van der Waals surface area contributed by atoms with Gasteiger partial charge >= 0.3 is 5.76 Å². The van der Waals surface area contributed by atoms with Gasteiger partial charge in [-0.1, -0.05) is 42.8 Å². The molecule has 4 atom stereocenters. The third-order valence-corrected chi connectivity index (χ3v) is 7.91. The van der Waals surface area contributed by atoms with Gasteiger partial charge in [0.2, 0.25) is 11.3 Å². The van der Waals surface area contributed by atoms with Crippen molar-refractivity contribution in [3.63, 3.8) is 0 Å². The van der Waals surface area contributed by atoms with Crippen LogP contribution in [0.3, 0.4) is 0 Å². The zero-order chi connectivity index (χ0) is 23.9. The van der Waals surface area contributed by atoms with Gasteiger partial charge in [0.05, 0.1) is 11.1 Å². The maximum absolute atomic E-state index is 13.4. The Hall–Kier alpha value is -2.66. The number of hydrogen-bond donors (Lipinski definition) is 3. The molecule has 1 aliphatic heterocycles. The highest BCUT2D eigenvalue weighted by Crippen LogP contribution is 2.41. The Morgan fingerprint density at radius 2 is 1.97 bits per heavy atom. The lowest BCUT2D eigenvalue weighted by Gasteiger charge is -2.32. The fraction of sp³-hybridized carbons (Fsp3) is 0.364. The first-order valence-electron chi connectivity index (χ1n) is 10.3. The third-order valence-electron chi connectivity index (χ3n) is 6.02. The van der Waals surface area contributed by atoms with Crippen molar-refractivity contribution < 1.29 is 22.7 Å². The number of halogens is 1. The molecule has 2 heterocycles. The number of sulfonamides is 1. The fourth-order valence-corrected chi connectivity index (χ4v) is 5.83. The molecule has 0 fully saturated rings. The van der Waals surface area contributed by atoms with E-state index in [0.717, 1.165) is 16.7 Å². The van der Waals surface area contributed by atoms with Crippen LogP contribution in [0.25, 0.3) is 0 Å². The summed E-state index contributed by atoms with van der Waals surface area (Å²) < 4.78 is 40.2. The van der Waals surface area contributed by atoms with Crippen molar-refractivity contribution in [2.24, 2.45) is 0 Å². The standard InChI is InChI=1S/C22H24ClN3O6S/c1-11-6-4-7-14(12(11)2)13(3)20(21-24-25-22(28)32-21)26-33(29,30)18-10-16(27)19-15(23)8-5-9-17(19)31-18/h4-9,13,16,18,20,26-27H,10H2,1-3H3,(H,25,28)/t13-,16?,18?,20+/m1/s1. The van der Waals surface area contributed by atoms with E-state index in [9.17, 15) is 18.3 Å². The van der Waals surface area contributed by atoms with Gasteiger partial charge in [-0.25, -0.2) is 18.3 Å². The number of benzene rings is 2. The minimum absolute atomic E-state index is 0.100. The van der Waals surface area contributed by atoms with Gasteiger partial charge < -0.3 is 14.3 Å². The number of aromatic amines is 1. The number of aromatic nitrogens is 2. The SMILES string of the molecule is Cc1cccc([C@@H](C)[C@H](NS(=O)(=O)C2CC(O)c3c(Cl)cccc3O2)c2n[nH]c(=O)o2)c1C. The molecule has 0 saturated carbocycles. The third kappa shape index (κ3) is 4.56. The van der Waals surface area contributed by atoms with Gasteiger partial charge in [-0.2, -0.15) is 4.72 Å². The van der Waals surface area contributed by atoms with Crippen molar-refractivity contribution in [1.29, 1.82) is 0 Å². The minimum Gasteiger partial charge on any atom is -0.473 e. The summed E-state index contributed by atoms with van der Waals surface area (Å²) in [6.45, 7) is 5.71. The number of hydrogen-bond acceptors (Lipinski definition) is 7. The molecule has 33 heavy (non-hydrogen) atoms. The second-order valence-electron chi connectivity index (χ2n) is 8.12. The van der Waals surface area contributed by atoms with Crippen LogP contribution in [0.15, 0.2) is 45.6 Å². The molecular formula is C22H24ClN3O6S. The van der Waals surface area contributed by atoms with Crippen LogP contribution in [-0.4, -0.2) is 29.2 Å². The summed E-state index contributed by atoms with van der Waals surface area (Å²) >= 11 is 6.14. The number of aliphatic hydroxyl groups is 1. The lowest BCUT2D eigenvalue weighted by Crippen LogP contribution is -2.43. The van der Waals surface area contributed by atoms with E-state index in [1.165, 1.54) is 0 Å². The first-order valence-corrected chi connectivity index (χ1v) is 12.3. The number of nitrogens with zero attached hydrogens (tertiary/aromatic N) is 1. The Morgan fingerprint density at radius 3 is 2.67 bits per heavy atom. The smallest absolute Gasteiger partial charge is 0.434 e. The maximum Gasteiger partial charge on any atom is 0.434 e. The molecule has 11 heteroatoms. The zero-order valence-corrected chi connectivity index (χ0v) is 19.8. The molecule has 3 aromatic rings. The van der Waals surface area contributed by atoms with Gasteiger partial charge in [0, 0.05) is 17.9 Å². The highest BCUT2D eigenvalue weighted by Gasteiger charge is 2.40. The van der Waals surface area contributed by atoms with E-state index >= 15 is 0 Å². The number of rotatable bonds is 6. The van der Waals surface area contributed by atoms with Crippen molar-refractivity contribution in [3.05, 3.63) is 80.1 Å². The average molecular weight is 494 g/mol. The number of fused-ring (bicyclic) bond motifs is 1. The van der Waals surface area contributed by atoms with Gasteiger partial charge in [-0.15, -0.1) is 5.10 Å². The topological polar surface area (TPSA) is 135 Å². The van der Waals surface area contributed by atoms with Gasteiger partial charge in [-0.3, -0.25) is 0 Å². The second-order valence-corrected chi connectivity index (χ2v) is 10.4. The second kappa shape index (κ2) is 8.94. The first kappa shape index (κ1) is 23.5. The summed E-state index contributed by atoms with van der Waals surface area (Å²) in [5.41, 5.74) is 1.85. The molecule has 1 aliphatic rings. The maximum atomic E-state index is 13.4.